The Morgan fingerprint density at radius 3 is 2.67 bits per heavy atom. The number of aromatic amines is 1. The number of nitrogens with one attached hydrogen (secondary N) is 1. The molecule has 1 atom stereocenters. The average Bonchev–Trinajstić information content (AvgIpc) is 2.98. The molecule has 1 aromatic carbocycles. The molecule has 0 radical (unpaired) electrons. The third kappa shape index (κ3) is 3.78. The summed E-state index contributed by atoms with van der Waals surface area (Å²) in [6.07, 6.45) is 4.33. The fraction of sp³-hybridized carbons (Fsp3) is 0.435. The third-order valence-electron chi connectivity index (χ3n) is 5.87. The van der Waals surface area contributed by atoms with Crippen molar-refractivity contribution < 1.29 is 0 Å². The molecule has 0 bridgehead atoms. The SMILES string of the molecule is Cc1cc(-c2[nH]c3ccc(C4CCN(CC(C)N)CC4)cc3c2C)ccn1. The summed E-state index contributed by atoms with van der Waals surface area (Å²) in [5.74, 6) is 0.652. The van der Waals surface area contributed by atoms with E-state index in [0.29, 0.717) is 5.92 Å². The smallest absolute Gasteiger partial charge is 0.0495 e. The average molecular weight is 363 g/mol. The van der Waals surface area contributed by atoms with E-state index in [1.165, 1.54) is 46.1 Å². The van der Waals surface area contributed by atoms with Gasteiger partial charge in [0.15, 0.2) is 0 Å². The lowest BCUT2D eigenvalue weighted by Crippen LogP contribution is -2.40. The summed E-state index contributed by atoms with van der Waals surface area (Å²) in [5, 5.41) is 1.34. The van der Waals surface area contributed by atoms with Crippen molar-refractivity contribution >= 4 is 10.9 Å². The Morgan fingerprint density at radius 1 is 1.19 bits per heavy atom. The van der Waals surface area contributed by atoms with Crippen LogP contribution in [0.25, 0.3) is 22.2 Å². The number of rotatable bonds is 4. The van der Waals surface area contributed by atoms with Crippen LogP contribution in [0, 0.1) is 13.8 Å². The van der Waals surface area contributed by atoms with Gasteiger partial charge in [-0.1, -0.05) is 6.07 Å². The van der Waals surface area contributed by atoms with Crippen LogP contribution < -0.4 is 5.73 Å². The molecular formula is C23H30N4. The van der Waals surface area contributed by atoms with Crippen molar-refractivity contribution in [3.05, 3.63) is 53.3 Å². The number of benzene rings is 1. The number of fused-ring (bicyclic) bond motifs is 1. The van der Waals surface area contributed by atoms with Gasteiger partial charge in [0, 0.05) is 46.6 Å². The number of aromatic nitrogens is 2. The van der Waals surface area contributed by atoms with Gasteiger partial charge < -0.3 is 15.6 Å². The molecule has 1 unspecified atom stereocenters. The van der Waals surface area contributed by atoms with Gasteiger partial charge in [0.05, 0.1) is 0 Å². The van der Waals surface area contributed by atoms with Crippen molar-refractivity contribution in [3.63, 3.8) is 0 Å². The van der Waals surface area contributed by atoms with Gasteiger partial charge >= 0.3 is 0 Å². The standard InChI is InChI=1S/C23H30N4/c1-15(24)14-27-10-7-18(8-11-27)19-4-5-22-21(13-19)17(3)23(26-22)20-6-9-25-16(2)12-20/h4-6,9,12-13,15,18,26H,7-8,10-11,14,24H2,1-3H3. The van der Waals surface area contributed by atoms with E-state index in [1.807, 2.05) is 13.1 Å². The summed E-state index contributed by atoms with van der Waals surface area (Å²) in [7, 11) is 0. The Balaban J connectivity index is 1.59. The number of nitrogens with two attached hydrogens (primary N) is 1. The summed E-state index contributed by atoms with van der Waals surface area (Å²) in [6, 6.07) is 11.5. The normalized spacial score (nSPS) is 17.5. The first-order valence-corrected chi connectivity index (χ1v) is 10.0. The number of likely N-dealkylation sites (tertiary alicyclic amines) is 1. The molecule has 3 N–H and O–H groups in total. The lowest BCUT2D eigenvalue weighted by Gasteiger charge is -2.33. The lowest BCUT2D eigenvalue weighted by atomic mass is 9.88. The van der Waals surface area contributed by atoms with Crippen LogP contribution in [-0.2, 0) is 0 Å². The summed E-state index contributed by atoms with van der Waals surface area (Å²) in [5.41, 5.74) is 13.4. The molecule has 27 heavy (non-hydrogen) atoms. The predicted octanol–water partition coefficient (Wildman–Crippen LogP) is 4.37. The number of piperidine rings is 1. The maximum atomic E-state index is 5.96. The maximum absolute atomic E-state index is 5.96. The van der Waals surface area contributed by atoms with Crippen molar-refractivity contribution in [1.82, 2.24) is 14.9 Å². The highest BCUT2D eigenvalue weighted by Gasteiger charge is 2.22. The fourth-order valence-electron chi connectivity index (χ4n) is 4.44. The maximum Gasteiger partial charge on any atom is 0.0495 e. The van der Waals surface area contributed by atoms with Gasteiger partial charge in [-0.2, -0.15) is 0 Å². The van der Waals surface area contributed by atoms with Crippen molar-refractivity contribution in [3.8, 4) is 11.3 Å². The van der Waals surface area contributed by atoms with Crippen LogP contribution in [0.4, 0.5) is 0 Å². The second-order valence-electron chi connectivity index (χ2n) is 8.17. The molecule has 3 aromatic rings. The van der Waals surface area contributed by atoms with Crippen molar-refractivity contribution in [2.45, 2.75) is 45.6 Å². The highest BCUT2D eigenvalue weighted by molar-refractivity contribution is 5.91. The molecule has 2 aromatic heterocycles. The molecule has 4 nitrogen and oxygen atoms in total. The molecule has 1 fully saturated rings. The molecule has 0 spiro atoms. The van der Waals surface area contributed by atoms with Crippen molar-refractivity contribution in [1.29, 1.82) is 0 Å². The third-order valence-corrected chi connectivity index (χ3v) is 5.87. The van der Waals surface area contributed by atoms with Gasteiger partial charge in [-0.15, -0.1) is 0 Å². The quantitative estimate of drug-likeness (QED) is 0.724. The number of aryl methyl sites for hydroxylation is 2. The van der Waals surface area contributed by atoms with Crippen LogP contribution in [-0.4, -0.2) is 40.5 Å². The van der Waals surface area contributed by atoms with Crippen LogP contribution in [0.1, 0.15) is 42.5 Å². The Hall–Kier alpha value is -2.17. The van der Waals surface area contributed by atoms with Gasteiger partial charge in [0.25, 0.3) is 0 Å². The van der Waals surface area contributed by atoms with E-state index in [1.54, 1.807) is 0 Å². The van der Waals surface area contributed by atoms with E-state index < -0.39 is 0 Å². The molecule has 4 rings (SSSR count). The number of nitrogens with zero attached hydrogens (tertiary/aromatic N) is 2. The highest BCUT2D eigenvalue weighted by Crippen LogP contribution is 2.34. The Bertz CT molecular complexity index is 933. The van der Waals surface area contributed by atoms with Gasteiger partial charge in [0.2, 0.25) is 0 Å². The van der Waals surface area contributed by atoms with Crippen LogP contribution in [0.5, 0.6) is 0 Å². The van der Waals surface area contributed by atoms with Gasteiger partial charge in [-0.05, 0) is 88.0 Å². The van der Waals surface area contributed by atoms with E-state index in [9.17, 15) is 0 Å². The number of pyridine rings is 1. The molecule has 4 heteroatoms. The minimum atomic E-state index is 0.260. The molecule has 0 aliphatic carbocycles. The molecule has 0 amide bonds. The second-order valence-corrected chi connectivity index (χ2v) is 8.17. The minimum Gasteiger partial charge on any atom is -0.354 e. The Kier molecular flexibility index (Phi) is 5.02. The fourth-order valence-corrected chi connectivity index (χ4v) is 4.44. The zero-order valence-electron chi connectivity index (χ0n) is 16.6. The molecule has 1 saturated heterocycles. The largest absolute Gasteiger partial charge is 0.354 e. The first-order valence-electron chi connectivity index (χ1n) is 10.0. The monoisotopic (exact) mass is 362 g/mol. The summed E-state index contributed by atoms with van der Waals surface area (Å²) in [6.45, 7) is 9.67. The van der Waals surface area contributed by atoms with Gasteiger partial charge in [-0.25, -0.2) is 0 Å². The van der Waals surface area contributed by atoms with E-state index in [2.05, 4.69) is 59.0 Å². The molecule has 3 heterocycles. The number of hydrogen-bond acceptors (Lipinski definition) is 3. The van der Waals surface area contributed by atoms with Gasteiger partial charge in [0.1, 0.15) is 0 Å². The molecular weight excluding hydrogens is 332 g/mol. The molecule has 142 valence electrons. The first-order chi connectivity index (χ1) is 13.0. The van der Waals surface area contributed by atoms with E-state index in [0.717, 1.165) is 25.3 Å². The minimum absolute atomic E-state index is 0.260. The predicted molar refractivity (Wildman–Crippen MR) is 113 cm³/mol. The van der Waals surface area contributed by atoms with E-state index >= 15 is 0 Å². The Morgan fingerprint density at radius 2 is 1.96 bits per heavy atom. The van der Waals surface area contributed by atoms with Crippen LogP contribution in [0.15, 0.2) is 36.5 Å². The zero-order chi connectivity index (χ0) is 19.0. The van der Waals surface area contributed by atoms with E-state index in [4.69, 9.17) is 5.73 Å². The first kappa shape index (κ1) is 18.2. The number of H-pyrrole nitrogens is 1. The molecule has 1 aliphatic rings. The van der Waals surface area contributed by atoms with E-state index in [-0.39, 0.29) is 6.04 Å². The summed E-state index contributed by atoms with van der Waals surface area (Å²) in [4.78, 5) is 10.4. The summed E-state index contributed by atoms with van der Waals surface area (Å²) >= 11 is 0. The lowest BCUT2D eigenvalue weighted by molar-refractivity contribution is 0.204. The number of hydrogen-bond donors (Lipinski definition) is 2. The highest BCUT2D eigenvalue weighted by atomic mass is 15.1. The van der Waals surface area contributed by atoms with Crippen LogP contribution in [0.3, 0.4) is 0 Å². The van der Waals surface area contributed by atoms with Crippen LogP contribution >= 0.6 is 0 Å². The van der Waals surface area contributed by atoms with Crippen molar-refractivity contribution in [2.75, 3.05) is 19.6 Å². The zero-order valence-corrected chi connectivity index (χ0v) is 16.6. The topological polar surface area (TPSA) is 57.9 Å². The Labute approximate surface area is 161 Å². The van der Waals surface area contributed by atoms with Gasteiger partial charge in [-0.3, -0.25) is 4.98 Å². The van der Waals surface area contributed by atoms with Crippen LogP contribution in [0.2, 0.25) is 0 Å². The second kappa shape index (κ2) is 7.45. The van der Waals surface area contributed by atoms with Crippen molar-refractivity contribution in [2.24, 2.45) is 5.73 Å². The summed E-state index contributed by atoms with van der Waals surface area (Å²) < 4.78 is 0. The molecule has 1 aliphatic heterocycles. The molecule has 0 saturated carbocycles.